The van der Waals surface area contributed by atoms with E-state index in [0.29, 0.717) is 5.41 Å². The first-order chi connectivity index (χ1) is 12.4. The Labute approximate surface area is 159 Å². The van der Waals surface area contributed by atoms with E-state index in [1.807, 2.05) is 6.07 Å². The molecule has 2 aliphatic rings. The first-order valence-corrected chi connectivity index (χ1v) is 12.0. The van der Waals surface area contributed by atoms with Gasteiger partial charge in [0.25, 0.3) is 0 Å². The molecule has 0 amide bonds. The Morgan fingerprint density at radius 2 is 1.69 bits per heavy atom. The quantitative estimate of drug-likeness (QED) is 0.689. The topological polar surface area (TPSA) is 47.0 Å². The molecule has 0 aliphatic heterocycles. The Kier molecular flexibility index (Phi) is 4.48. The molecular formula is C21H23NO2S2. The average molecular weight is 386 g/mol. The van der Waals surface area contributed by atoms with Crippen molar-refractivity contribution in [3.05, 3.63) is 53.9 Å². The summed E-state index contributed by atoms with van der Waals surface area (Å²) < 4.78 is 23.4. The highest BCUT2D eigenvalue weighted by Crippen LogP contribution is 2.59. The van der Waals surface area contributed by atoms with Gasteiger partial charge in [0, 0.05) is 17.3 Å². The first kappa shape index (κ1) is 17.8. The number of benzene rings is 1. The third-order valence-electron chi connectivity index (χ3n) is 5.79. The van der Waals surface area contributed by atoms with E-state index in [1.54, 1.807) is 17.8 Å². The van der Waals surface area contributed by atoms with Crippen LogP contribution in [0.2, 0.25) is 0 Å². The van der Waals surface area contributed by atoms with Crippen LogP contribution in [0.25, 0.3) is 11.1 Å². The van der Waals surface area contributed by atoms with E-state index < -0.39 is 9.84 Å². The molecule has 0 N–H and O–H groups in total. The van der Waals surface area contributed by atoms with Crippen LogP contribution in [-0.4, -0.2) is 25.9 Å². The molecule has 1 heterocycles. The van der Waals surface area contributed by atoms with Crippen LogP contribution < -0.4 is 0 Å². The number of pyridine rings is 1. The number of thioether (sulfide) groups is 1. The predicted molar refractivity (Wildman–Crippen MR) is 108 cm³/mol. The van der Waals surface area contributed by atoms with Gasteiger partial charge >= 0.3 is 0 Å². The van der Waals surface area contributed by atoms with Crippen molar-refractivity contribution >= 4 is 32.7 Å². The predicted octanol–water partition coefficient (Wildman–Crippen LogP) is 5.08. The highest BCUT2D eigenvalue weighted by atomic mass is 32.2. The maximum absolute atomic E-state index is 11.7. The highest BCUT2D eigenvalue weighted by Gasteiger charge is 2.44. The zero-order valence-corrected chi connectivity index (χ0v) is 16.8. The monoisotopic (exact) mass is 385 g/mol. The largest absolute Gasteiger partial charge is 0.255 e. The summed E-state index contributed by atoms with van der Waals surface area (Å²) in [4.78, 5) is 6.07. The van der Waals surface area contributed by atoms with Crippen molar-refractivity contribution in [2.45, 2.75) is 41.9 Å². The number of hydrogen-bond acceptors (Lipinski definition) is 4. The van der Waals surface area contributed by atoms with Gasteiger partial charge in [0.15, 0.2) is 9.84 Å². The Bertz CT molecular complexity index is 954. The Morgan fingerprint density at radius 1 is 1.00 bits per heavy atom. The van der Waals surface area contributed by atoms with E-state index in [2.05, 4.69) is 35.5 Å². The summed E-state index contributed by atoms with van der Waals surface area (Å²) in [5.74, 6) is 0. The van der Waals surface area contributed by atoms with Crippen LogP contribution in [0.4, 0.5) is 0 Å². The van der Waals surface area contributed by atoms with Crippen molar-refractivity contribution < 1.29 is 8.42 Å². The van der Waals surface area contributed by atoms with Gasteiger partial charge in [0.05, 0.1) is 10.6 Å². The molecule has 26 heavy (non-hydrogen) atoms. The molecule has 0 bridgehead atoms. The molecule has 0 unspecified atom stereocenters. The molecule has 0 radical (unpaired) electrons. The fourth-order valence-corrected chi connectivity index (χ4v) is 5.12. The minimum Gasteiger partial charge on any atom is -0.255 e. The van der Waals surface area contributed by atoms with Gasteiger partial charge in [-0.05, 0) is 78.3 Å². The van der Waals surface area contributed by atoms with Gasteiger partial charge in [-0.3, -0.25) is 4.98 Å². The maximum Gasteiger partial charge on any atom is 0.177 e. The van der Waals surface area contributed by atoms with Crippen LogP contribution in [0.5, 0.6) is 0 Å². The minimum atomic E-state index is -3.21. The lowest BCUT2D eigenvalue weighted by atomic mass is 9.66. The van der Waals surface area contributed by atoms with E-state index in [4.69, 9.17) is 0 Å². The molecule has 2 aromatic rings. The van der Waals surface area contributed by atoms with Crippen LogP contribution in [0.1, 0.15) is 43.4 Å². The summed E-state index contributed by atoms with van der Waals surface area (Å²) in [5.41, 5.74) is 5.28. The van der Waals surface area contributed by atoms with Crippen LogP contribution in [0, 0.1) is 5.41 Å². The lowest BCUT2D eigenvalue weighted by molar-refractivity contribution is 0.157. The summed E-state index contributed by atoms with van der Waals surface area (Å²) in [5, 5.41) is 0. The number of allylic oxidation sites excluding steroid dienone is 2. The average Bonchev–Trinajstić information content (AvgIpc) is 3.03. The fourth-order valence-electron chi connectivity index (χ4n) is 4.15. The van der Waals surface area contributed by atoms with Crippen LogP contribution in [-0.2, 0) is 9.84 Å². The molecular weight excluding hydrogens is 362 g/mol. The number of aromatic nitrogens is 1. The van der Waals surface area contributed by atoms with Crippen molar-refractivity contribution in [2.24, 2.45) is 5.41 Å². The molecule has 1 saturated carbocycles. The third kappa shape index (κ3) is 3.23. The van der Waals surface area contributed by atoms with Gasteiger partial charge in [0.2, 0.25) is 0 Å². The SMILES string of the molecule is CSc1ccc(C2=C(c3ccc(S(C)(=O)=O)cn3)CC3(CCC3)C2)cc1. The normalized spacial score (nSPS) is 19.0. The zero-order valence-electron chi connectivity index (χ0n) is 15.2. The number of nitrogens with zero attached hydrogens (tertiary/aromatic N) is 1. The highest BCUT2D eigenvalue weighted by molar-refractivity contribution is 7.98. The molecule has 5 heteroatoms. The standard InChI is InChI=1S/C21H23NO2S2/c1-25-16-6-4-15(5-7-16)18-12-21(10-3-11-21)13-19(18)20-9-8-17(14-22-20)26(2,23)24/h4-9,14H,3,10-13H2,1-2H3. The molecule has 4 rings (SSSR count). The maximum atomic E-state index is 11.7. The van der Waals surface area contributed by atoms with Crippen molar-refractivity contribution in [3.63, 3.8) is 0 Å². The number of hydrogen-bond donors (Lipinski definition) is 0. The van der Waals surface area contributed by atoms with Crippen LogP contribution in [0.15, 0.2) is 52.4 Å². The molecule has 1 aromatic heterocycles. The summed E-state index contributed by atoms with van der Waals surface area (Å²) in [6.45, 7) is 0. The fraction of sp³-hybridized carbons (Fsp3) is 0.381. The second kappa shape index (κ2) is 6.54. The Morgan fingerprint density at radius 3 is 2.19 bits per heavy atom. The van der Waals surface area contributed by atoms with Gasteiger partial charge in [0.1, 0.15) is 0 Å². The van der Waals surface area contributed by atoms with E-state index in [0.717, 1.165) is 18.5 Å². The van der Waals surface area contributed by atoms with Crippen LogP contribution >= 0.6 is 11.8 Å². The molecule has 1 fully saturated rings. The molecule has 1 spiro atoms. The van der Waals surface area contributed by atoms with Gasteiger partial charge in [-0.2, -0.15) is 0 Å². The first-order valence-electron chi connectivity index (χ1n) is 8.93. The smallest absolute Gasteiger partial charge is 0.177 e. The van der Waals surface area contributed by atoms with Gasteiger partial charge in [-0.15, -0.1) is 11.8 Å². The summed E-state index contributed by atoms with van der Waals surface area (Å²) in [6.07, 6.45) is 10.8. The van der Waals surface area contributed by atoms with Crippen molar-refractivity contribution in [2.75, 3.05) is 12.5 Å². The van der Waals surface area contributed by atoms with Crippen molar-refractivity contribution in [3.8, 4) is 0 Å². The van der Waals surface area contributed by atoms with Crippen molar-refractivity contribution in [1.29, 1.82) is 0 Å². The van der Waals surface area contributed by atoms with Crippen molar-refractivity contribution in [1.82, 2.24) is 4.98 Å². The molecule has 1 aromatic carbocycles. The molecule has 3 nitrogen and oxygen atoms in total. The summed E-state index contributed by atoms with van der Waals surface area (Å²) in [7, 11) is -3.21. The summed E-state index contributed by atoms with van der Waals surface area (Å²) in [6, 6.07) is 12.3. The van der Waals surface area contributed by atoms with Gasteiger partial charge < -0.3 is 0 Å². The summed E-state index contributed by atoms with van der Waals surface area (Å²) >= 11 is 1.75. The van der Waals surface area contributed by atoms with E-state index in [9.17, 15) is 8.42 Å². The Hall–Kier alpha value is -1.59. The van der Waals surface area contributed by atoms with E-state index >= 15 is 0 Å². The molecule has 0 atom stereocenters. The Balaban J connectivity index is 1.75. The third-order valence-corrected chi connectivity index (χ3v) is 7.64. The van der Waals surface area contributed by atoms with Crippen LogP contribution in [0.3, 0.4) is 0 Å². The van der Waals surface area contributed by atoms with E-state index in [1.165, 1.54) is 53.3 Å². The van der Waals surface area contributed by atoms with E-state index in [-0.39, 0.29) is 4.90 Å². The molecule has 136 valence electrons. The van der Waals surface area contributed by atoms with Gasteiger partial charge in [-0.25, -0.2) is 8.42 Å². The van der Waals surface area contributed by atoms with Gasteiger partial charge in [-0.1, -0.05) is 18.6 Å². The minimum absolute atomic E-state index is 0.282. The molecule has 2 aliphatic carbocycles. The number of sulfone groups is 1. The second-order valence-corrected chi connectivity index (χ2v) is 10.4. The zero-order chi connectivity index (χ0) is 18.4. The second-order valence-electron chi connectivity index (χ2n) is 7.54. The lowest BCUT2D eigenvalue weighted by Gasteiger charge is -2.39. The lowest BCUT2D eigenvalue weighted by Crippen LogP contribution is -2.26. The molecule has 0 saturated heterocycles. The number of rotatable bonds is 4.